The van der Waals surface area contributed by atoms with E-state index in [9.17, 15) is 14.4 Å². The van der Waals surface area contributed by atoms with Crippen LogP contribution in [0, 0.1) is 6.92 Å². The molecule has 0 fully saturated rings. The summed E-state index contributed by atoms with van der Waals surface area (Å²) in [6.45, 7) is 6.68. The van der Waals surface area contributed by atoms with E-state index >= 15 is 0 Å². The molecule has 0 atom stereocenters. The van der Waals surface area contributed by atoms with Gasteiger partial charge in [-0.15, -0.1) is 0 Å². The van der Waals surface area contributed by atoms with Gasteiger partial charge < -0.3 is 25.1 Å². The summed E-state index contributed by atoms with van der Waals surface area (Å²) < 4.78 is 2.02. The van der Waals surface area contributed by atoms with Crippen LogP contribution in [0.4, 0.5) is 11.4 Å². The molecule has 0 unspecified atom stereocenters. The van der Waals surface area contributed by atoms with Crippen molar-refractivity contribution in [1.29, 1.82) is 0 Å². The molecule has 0 radical (unpaired) electrons. The SMILES string of the molecule is C=CC(=O)Nc1cccc2c(-c3nc(C(=O)Nc4ccc(C)cc4)c4n3CCN(C(=O)c3ccc[nH]3)C4)cccc12. The molecule has 1 aliphatic rings. The lowest BCUT2D eigenvalue weighted by Gasteiger charge is -2.29. The average molecular weight is 545 g/mol. The molecule has 0 saturated heterocycles. The summed E-state index contributed by atoms with van der Waals surface area (Å²) in [5.41, 5.74) is 4.62. The second kappa shape index (κ2) is 10.6. The summed E-state index contributed by atoms with van der Waals surface area (Å²) in [4.78, 5) is 48.5. The van der Waals surface area contributed by atoms with Crippen molar-refractivity contribution in [2.75, 3.05) is 17.2 Å². The molecule has 3 amide bonds. The number of H-pyrrole nitrogens is 1. The van der Waals surface area contributed by atoms with Crippen LogP contribution in [0.2, 0.25) is 0 Å². The van der Waals surface area contributed by atoms with Crippen LogP contribution in [0.1, 0.15) is 32.2 Å². The van der Waals surface area contributed by atoms with E-state index in [-0.39, 0.29) is 30.0 Å². The van der Waals surface area contributed by atoms with Crippen LogP contribution in [0.15, 0.2) is 91.6 Å². The number of nitrogens with zero attached hydrogens (tertiary/aromatic N) is 3. The van der Waals surface area contributed by atoms with Gasteiger partial charge in [-0.3, -0.25) is 14.4 Å². The monoisotopic (exact) mass is 544 g/mol. The number of aryl methyl sites for hydroxylation is 1. The number of carbonyl (C=O) groups excluding carboxylic acids is 3. The van der Waals surface area contributed by atoms with Crippen LogP contribution in [0.3, 0.4) is 0 Å². The number of hydrogen-bond donors (Lipinski definition) is 3. The van der Waals surface area contributed by atoms with E-state index < -0.39 is 0 Å². The summed E-state index contributed by atoms with van der Waals surface area (Å²) in [7, 11) is 0. The highest BCUT2D eigenvalue weighted by molar-refractivity contribution is 6.09. The van der Waals surface area contributed by atoms with Gasteiger partial charge in [0.05, 0.1) is 12.2 Å². The Morgan fingerprint density at radius 1 is 0.927 bits per heavy atom. The van der Waals surface area contributed by atoms with Crippen molar-refractivity contribution in [2.45, 2.75) is 20.0 Å². The number of imidazole rings is 1. The predicted molar refractivity (Wildman–Crippen MR) is 159 cm³/mol. The maximum absolute atomic E-state index is 13.6. The Bertz CT molecular complexity index is 1800. The van der Waals surface area contributed by atoms with Gasteiger partial charge >= 0.3 is 0 Å². The van der Waals surface area contributed by atoms with Gasteiger partial charge in [-0.25, -0.2) is 4.98 Å². The minimum absolute atomic E-state index is 0.137. The number of carbonyl (C=O) groups is 3. The number of amides is 3. The van der Waals surface area contributed by atoms with E-state index in [1.165, 1.54) is 6.08 Å². The normalized spacial score (nSPS) is 12.6. The molecule has 0 saturated carbocycles. The Kier molecular flexibility index (Phi) is 6.68. The van der Waals surface area contributed by atoms with Gasteiger partial charge in [-0.05, 0) is 48.7 Å². The lowest BCUT2D eigenvalue weighted by molar-refractivity contribution is -0.111. The molecular weight excluding hydrogens is 516 g/mol. The third kappa shape index (κ3) is 4.89. The molecule has 6 rings (SSSR count). The van der Waals surface area contributed by atoms with E-state index in [2.05, 4.69) is 22.2 Å². The molecule has 3 heterocycles. The van der Waals surface area contributed by atoms with Crippen LogP contribution >= 0.6 is 0 Å². The zero-order valence-corrected chi connectivity index (χ0v) is 22.5. The average Bonchev–Trinajstić information content (AvgIpc) is 3.66. The molecule has 0 bridgehead atoms. The largest absolute Gasteiger partial charge is 0.357 e. The Morgan fingerprint density at radius 2 is 1.71 bits per heavy atom. The molecule has 3 N–H and O–H groups in total. The van der Waals surface area contributed by atoms with E-state index in [1.807, 2.05) is 72.2 Å². The first-order valence-electron chi connectivity index (χ1n) is 13.3. The smallest absolute Gasteiger partial charge is 0.276 e. The van der Waals surface area contributed by atoms with Gasteiger partial charge in [0.25, 0.3) is 11.8 Å². The Morgan fingerprint density at radius 3 is 2.46 bits per heavy atom. The molecule has 1 aliphatic heterocycles. The number of rotatable bonds is 6. The lowest BCUT2D eigenvalue weighted by Crippen LogP contribution is -2.39. The van der Waals surface area contributed by atoms with E-state index in [0.29, 0.717) is 41.7 Å². The Hall–Kier alpha value is -5.44. The van der Waals surface area contributed by atoms with Crippen molar-refractivity contribution in [2.24, 2.45) is 0 Å². The zero-order valence-electron chi connectivity index (χ0n) is 22.5. The molecule has 204 valence electrons. The van der Waals surface area contributed by atoms with E-state index in [0.717, 1.165) is 21.9 Å². The molecule has 0 spiro atoms. The van der Waals surface area contributed by atoms with E-state index in [1.54, 1.807) is 23.2 Å². The number of hydrogen-bond acceptors (Lipinski definition) is 4. The minimum atomic E-state index is -0.350. The van der Waals surface area contributed by atoms with Gasteiger partial charge in [0.15, 0.2) is 5.69 Å². The minimum Gasteiger partial charge on any atom is -0.357 e. The molecule has 3 aromatic carbocycles. The molecule has 0 aliphatic carbocycles. The standard InChI is InChI=1S/C32H28N6O3/c1-3-28(39)35-25-10-5-7-22-23(25)8-4-9-24(22)30-36-29(31(40)34-21-14-12-20(2)13-15-21)27-19-37(17-18-38(27)30)32(41)26-11-6-16-33-26/h3-16,33H,1,17-19H2,2H3,(H,34,40)(H,35,39). The molecular formula is C32H28N6O3. The molecule has 9 nitrogen and oxygen atoms in total. The zero-order chi connectivity index (χ0) is 28.5. The van der Waals surface area contributed by atoms with Crippen molar-refractivity contribution in [1.82, 2.24) is 19.4 Å². The quantitative estimate of drug-likeness (QED) is 0.250. The van der Waals surface area contributed by atoms with Crippen LogP contribution in [-0.2, 0) is 17.9 Å². The number of aromatic nitrogens is 3. The van der Waals surface area contributed by atoms with Gasteiger partial charge in [-0.1, -0.05) is 54.6 Å². The summed E-state index contributed by atoms with van der Waals surface area (Å²) in [6, 6.07) is 22.5. The van der Waals surface area contributed by atoms with Crippen molar-refractivity contribution < 1.29 is 14.4 Å². The molecule has 2 aromatic heterocycles. The number of benzene rings is 3. The Labute approximate surface area is 236 Å². The maximum atomic E-state index is 13.6. The Balaban J connectivity index is 1.45. The van der Waals surface area contributed by atoms with Crippen molar-refractivity contribution >= 4 is 39.9 Å². The maximum Gasteiger partial charge on any atom is 0.276 e. The van der Waals surface area contributed by atoms with Gasteiger partial charge in [0.2, 0.25) is 5.91 Å². The first kappa shape index (κ1) is 25.8. The van der Waals surface area contributed by atoms with Crippen LogP contribution < -0.4 is 10.6 Å². The van der Waals surface area contributed by atoms with Gasteiger partial charge in [0.1, 0.15) is 11.5 Å². The van der Waals surface area contributed by atoms with Gasteiger partial charge in [0, 0.05) is 41.6 Å². The second-order valence-electron chi connectivity index (χ2n) is 9.91. The number of anilines is 2. The number of fused-ring (bicyclic) bond motifs is 2. The molecule has 41 heavy (non-hydrogen) atoms. The van der Waals surface area contributed by atoms with Crippen molar-refractivity contribution in [3.05, 3.63) is 114 Å². The first-order chi connectivity index (χ1) is 19.9. The second-order valence-corrected chi connectivity index (χ2v) is 9.91. The third-order valence-corrected chi connectivity index (χ3v) is 7.25. The van der Waals surface area contributed by atoms with Crippen molar-refractivity contribution in [3.63, 3.8) is 0 Å². The summed E-state index contributed by atoms with van der Waals surface area (Å²) in [6.07, 6.45) is 2.94. The van der Waals surface area contributed by atoms with Crippen LogP contribution in [0.25, 0.3) is 22.2 Å². The summed E-state index contributed by atoms with van der Waals surface area (Å²) in [5, 5.41) is 7.54. The third-order valence-electron chi connectivity index (χ3n) is 7.25. The first-order valence-corrected chi connectivity index (χ1v) is 13.3. The highest BCUT2D eigenvalue weighted by Gasteiger charge is 2.31. The van der Waals surface area contributed by atoms with Crippen molar-refractivity contribution in [3.8, 4) is 11.4 Å². The van der Waals surface area contributed by atoms with Gasteiger partial charge in [-0.2, -0.15) is 0 Å². The summed E-state index contributed by atoms with van der Waals surface area (Å²) in [5.74, 6) is -0.166. The fourth-order valence-electron chi connectivity index (χ4n) is 5.19. The summed E-state index contributed by atoms with van der Waals surface area (Å²) >= 11 is 0. The highest BCUT2D eigenvalue weighted by atomic mass is 16.2. The number of nitrogens with one attached hydrogen (secondary N) is 3. The predicted octanol–water partition coefficient (Wildman–Crippen LogP) is 5.37. The van der Waals surface area contributed by atoms with Crippen LogP contribution in [0.5, 0.6) is 0 Å². The van der Waals surface area contributed by atoms with E-state index in [4.69, 9.17) is 4.98 Å². The van der Waals surface area contributed by atoms with Crippen LogP contribution in [-0.4, -0.2) is 43.7 Å². The molecule has 5 aromatic rings. The topological polar surface area (TPSA) is 112 Å². The fraction of sp³-hybridized carbons (Fsp3) is 0.125. The highest BCUT2D eigenvalue weighted by Crippen LogP contribution is 2.35. The lowest BCUT2D eigenvalue weighted by atomic mass is 10.0. The molecule has 9 heteroatoms. The fourth-order valence-corrected chi connectivity index (χ4v) is 5.19. The number of aromatic amines is 1.